The van der Waals surface area contributed by atoms with Crippen molar-refractivity contribution in [3.63, 3.8) is 0 Å². The summed E-state index contributed by atoms with van der Waals surface area (Å²) >= 11 is 0. The average Bonchev–Trinajstić information content (AvgIpc) is 3.40. The van der Waals surface area contributed by atoms with Gasteiger partial charge in [0.25, 0.3) is 9.84 Å². The smallest absolute Gasteiger partial charge is 0.357 e. The summed E-state index contributed by atoms with van der Waals surface area (Å²) in [4.78, 5) is 7.72. The zero-order chi connectivity index (χ0) is 21.4. The van der Waals surface area contributed by atoms with Crippen LogP contribution >= 0.6 is 0 Å². The van der Waals surface area contributed by atoms with E-state index in [-0.39, 0.29) is 0 Å². The zero-order valence-corrected chi connectivity index (χ0v) is 16.5. The number of halogens is 3. The van der Waals surface area contributed by atoms with Crippen molar-refractivity contribution in [3.8, 4) is 5.82 Å². The second-order valence-electron chi connectivity index (χ2n) is 6.87. The molecule has 4 rings (SSSR count). The lowest BCUT2D eigenvalue weighted by Gasteiger charge is -2.20. The first-order valence-electron chi connectivity index (χ1n) is 9.08. The van der Waals surface area contributed by atoms with E-state index in [2.05, 4.69) is 15.0 Å². The van der Waals surface area contributed by atoms with E-state index in [9.17, 15) is 21.6 Å². The highest BCUT2D eigenvalue weighted by atomic mass is 32.2. The third kappa shape index (κ3) is 4.03. The molecule has 0 saturated carbocycles. The summed E-state index contributed by atoms with van der Waals surface area (Å²) in [6, 6.07) is 10.5. The van der Waals surface area contributed by atoms with Gasteiger partial charge in [-0.1, -0.05) is 0 Å². The molecule has 0 N–H and O–H groups in total. The molecule has 0 bridgehead atoms. The maximum Gasteiger partial charge on any atom is 0.501 e. The minimum atomic E-state index is -5.33. The van der Waals surface area contributed by atoms with Crippen molar-refractivity contribution in [2.24, 2.45) is 0 Å². The first-order chi connectivity index (χ1) is 14.2. The number of anilines is 1. The molecule has 0 radical (unpaired) electrons. The third-order valence-electron chi connectivity index (χ3n) is 4.83. The number of pyridine rings is 1. The standard InChI is InChI=1S/C19H18F3N5O2S/c20-19(21,22)30(28,29)17-4-2-16(3-5-17)26-11-10-25(14-26)13-15-6-8-23-18(12-15)27-9-1-7-24-27/h1-9,12H,10-11,13-14H2. The number of alkyl halides is 3. The van der Waals surface area contributed by atoms with Crippen LogP contribution in [0.4, 0.5) is 18.9 Å². The van der Waals surface area contributed by atoms with Crippen LogP contribution in [-0.2, 0) is 16.4 Å². The Morgan fingerprint density at radius 2 is 1.80 bits per heavy atom. The first-order valence-corrected chi connectivity index (χ1v) is 10.6. The number of rotatable bonds is 5. The van der Waals surface area contributed by atoms with Crippen molar-refractivity contribution < 1.29 is 21.6 Å². The van der Waals surface area contributed by atoms with Gasteiger partial charge >= 0.3 is 5.51 Å². The first kappa shape index (κ1) is 20.4. The van der Waals surface area contributed by atoms with Crippen LogP contribution in [0.1, 0.15) is 5.56 Å². The number of hydrogen-bond acceptors (Lipinski definition) is 6. The Balaban J connectivity index is 1.42. The highest BCUT2D eigenvalue weighted by molar-refractivity contribution is 7.92. The predicted octanol–water partition coefficient (Wildman–Crippen LogP) is 2.84. The maximum absolute atomic E-state index is 12.7. The number of benzene rings is 1. The van der Waals surface area contributed by atoms with Crippen molar-refractivity contribution in [2.45, 2.75) is 16.9 Å². The fraction of sp³-hybridized carbons (Fsp3) is 0.263. The summed E-state index contributed by atoms with van der Waals surface area (Å²) < 4.78 is 62.7. The van der Waals surface area contributed by atoms with E-state index in [1.54, 1.807) is 17.1 Å². The van der Waals surface area contributed by atoms with Crippen LogP contribution in [-0.4, -0.2) is 53.3 Å². The van der Waals surface area contributed by atoms with E-state index in [1.807, 2.05) is 29.3 Å². The molecule has 0 atom stereocenters. The molecule has 1 aliphatic rings. The number of hydrogen-bond donors (Lipinski definition) is 0. The molecule has 30 heavy (non-hydrogen) atoms. The van der Waals surface area contributed by atoms with Gasteiger partial charge in [-0.2, -0.15) is 18.3 Å². The van der Waals surface area contributed by atoms with Crippen LogP contribution in [0.3, 0.4) is 0 Å². The van der Waals surface area contributed by atoms with Gasteiger partial charge in [0.1, 0.15) is 0 Å². The van der Waals surface area contributed by atoms with E-state index in [1.165, 1.54) is 12.1 Å². The largest absolute Gasteiger partial charge is 0.501 e. The lowest BCUT2D eigenvalue weighted by Crippen LogP contribution is -2.25. The predicted molar refractivity (Wildman–Crippen MR) is 104 cm³/mol. The molecule has 1 fully saturated rings. The topological polar surface area (TPSA) is 71.3 Å². The van der Waals surface area contributed by atoms with Crippen molar-refractivity contribution in [2.75, 3.05) is 24.7 Å². The molecule has 7 nitrogen and oxygen atoms in total. The molecular formula is C19H18F3N5O2S. The second kappa shape index (κ2) is 7.73. The van der Waals surface area contributed by atoms with Gasteiger partial charge in [-0.25, -0.2) is 18.1 Å². The lowest BCUT2D eigenvalue weighted by molar-refractivity contribution is -0.0436. The molecule has 1 aromatic carbocycles. The van der Waals surface area contributed by atoms with Crippen molar-refractivity contribution >= 4 is 15.5 Å². The fourth-order valence-corrected chi connectivity index (χ4v) is 4.06. The van der Waals surface area contributed by atoms with Crippen LogP contribution in [0.5, 0.6) is 0 Å². The van der Waals surface area contributed by atoms with E-state index in [0.29, 0.717) is 25.4 Å². The molecule has 0 aliphatic carbocycles. The van der Waals surface area contributed by atoms with Crippen molar-refractivity contribution in [3.05, 3.63) is 66.6 Å². The van der Waals surface area contributed by atoms with Gasteiger partial charge in [-0.3, -0.25) is 4.90 Å². The Labute approximate surface area is 171 Å². The van der Waals surface area contributed by atoms with Gasteiger partial charge in [-0.05, 0) is 48.0 Å². The van der Waals surface area contributed by atoms with Crippen molar-refractivity contribution in [1.29, 1.82) is 0 Å². The minimum absolute atomic E-state index is 0.574. The van der Waals surface area contributed by atoms with Crippen LogP contribution in [0.2, 0.25) is 0 Å². The van der Waals surface area contributed by atoms with Crippen molar-refractivity contribution in [1.82, 2.24) is 19.7 Å². The Bertz CT molecular complexity index is 1120. The van der Waals surface area contributed by atoms with E-state index in [4.69, 9.17) is 0 Å². The van der Waals surface area contributed by atoms with Gasteiger partial charge in [-0.15, -0.1) is 0 Å². The summed E-state index contributed by atoms with van der Waals surface area (Å²) in [7, 11) is -5.33. The normalized spacial score (nSPS) is 15.6. The van der Waals surface area contributed by atoms with Gasteiger partial charge in [0.15, 0.2) is 5.82 Å². The van der Waals surface area contributed by atoms with Crippen LogP contribution in [0.15, 0.2) is 66.0 Å². The molecule has 2 aromatic heterocycles. The number of aromatic nitrogens is 3. The van der Waals surface area contributed by atoms with Gasteiger partial charge in [0.2, 0.25) is 0 Å². The average molecular weight is 437 g/mol. The van der Waals surface area contributed by atoms with E-state index in [0.717, 1.165) is 30.1 Å². The molecule has 3 aromatic rings. The number of nitrogens with zero attached hydrogens (tertiary/aromatic N) is 5. The molecule has 0 unspecified atom stereocenters. The van der Waals surface area contributed by atoms with Crippen LogP contribution < -0.4 is 4.90 Å². The lowest BCUT2D eigenvalue weighted by atomic mass is 10.2. The van der Waals surface area contributed by atoms with Gasteiger partial charge < -0.3 is 4.90 Å². The molecular weight excluding hydrogens is 419 g/mol. The Morgan fingerprint density at radius 3 is 2.47 bits per heavy atom. The molecule has 158 valence electrons. The maximum atomic E-state index is 12.7. The van der Waals surface area contributed by atoms with Gasteiger partial charge in [0.05, 0.1) is 11.6 Å². The summed E-state index contributed by atoms with van der Waals surface area (Å²) in [6.07, 6.45) is 5.21. The van der Waals surface area contributed by atoms with E-state index >= 15 is 0 Å². The number of sulfone groups is 1. The summed E-state index contributed by atoms with van der Waals surface area (Å²) in [6.45, 7) is 2.70. The highest BCUT2D eigenvalue weighted by Crippen LogP contribution is 2.31. The minimum Gasteiger partial charge on any atom is -0.357 e. The van der Waals surface area contributed by atoms with Gasteiger partial charge in [0, 0.05) is 43.9 Å². The van der Waals surface area contributed by atoms with E-state index < -0.39 is 20.2 Å². The van der Waals surface area contributed by atoms with Crippen LogP contribution in [0.25, 0.3) is 5.82 Å². The zero-order valence-electron chi connectivity index (χ0n) is 15.7. The monoisotopic (exact) mass is 437 g/mol. The Kier molecular flexibility index (Phi) is 5.24. The van der Waals surface area contributed by atoms with Crippen LogP contribution in [0, 0.1) is 0 Å². The highest BCUT2D eigenvalue weighted by Gasteiger charge is 2.46. The molecule has 1 aliphatic heterocycles. The SMILES string of the molecule is O=S(=O)(c1ccc(N2CCN(Cc3ccnc(-n4cccn4)c3)C2)cc1)C(F)(F)F. The summed E-state index contributed by atoms with van der Waals surface area (Å²) in [5, 5.41) is 4.17. The Morgan fingerprint density at radius 1 is 1.03 bits per heavy atom. The molecule has 3 heterocycles. The molecule has 11 heteroatoms. The fourth-order valence-electron chi connectivity index (χ4n) is 3.30. The third-order valence-corrected chi connectivity index (χ3v) is 6.33. The second-order valence-corrected chi connectivity index (χ2v) is 8.81. The quantitative estimate of drug-likeness (QED) is 0.611. The summed E-state index contributed by atoms with van der Waals surface area (Å²) in [5.41, 5.74) is -3.58. The summed E-state index contributed by atoms with van der Waals surface area (Å²) in [5.74, 6) is 0.718. The molecule has 0 amide bonds. The molecule has 0 spiro atoms. The molecule has 1 saturated heterocycles. The Hall–Kier alpha value is -2.92.